The second kappa shape index (κ2) is 6.96. The molecule has 0 bridgehead atoms. The van der Waals surface area contributed by atoms with Gasteiger partial charge in [-0.25, -0.2) is 9.79 Å². The Balaban J connectivity index is 1.70. The van der Waals surface area contributed by atoms with Crippen molar-refractivity contribution in [2.24, 2.45) is 4.99 Å². The van der Waals surface area contributed by atoms with Gasteiger partial charge in [0.25, 0.3) is 0 Å². The van der Waals surface area contributed by atoms with E-state index in [1.165, 1.54) is 25.3 Å². The van der Waals surface area contributed by atoms with Crippen LogP contribution in [0.25, 0.3) is 16.8 Å². The number of cyclic esters (lactones) is 1. The van der Waals surface area contributed by atoms with Crippen molar-refractivity contribution in [3.05, 3.63) is 87.6 Å². The average Bonchev–Trinajstić information content (AvgIpc) is 3.07. The zero-order chi connectivity index (χ0) is 19.7. The SMILES string of the molecule is COc1ccc(C=C2N=C(c3ccc4ccccc4c3)OC2=O)cc1[N+](=O)[O-]. The van der Waals surface area contributed by atoms with Crippen LogP contribution in [0, 0.1) is 10.1 Å². The van der Waals surface area contributed by atoms with Gasteiger partial charge in [-0.3, -0.25) is 10.1 Å². The van der Waals surface area contributed by atoms with E-state index in [4.69, 9.17) is 9.47 Å². The number of carbonyl (C=O) groups is 1. The van der Waals surface area contributed by atoms with Crippen molar-refractivity contribution in [3.8, 4) is 5.75 Å². The largest absolute Gasteiger partial charge is 0.490 e. The number of aliphatic imine (C=N–C) groups is 1. The average molecular weight is 374 g/mol. The first kappa shape index (κ1) is 17.4. The molecule has 0 spiro atoms. The van der Waals surface area contributed by atoms with Gasteiger partial charge >= 0.3 is 11.7 Å². The Bertz CT molecular complexity index is 1180. The number of nitrogens with zero attached hydrogens (tertiary/aromatic N) is 2. The Morgan fingerprint density at radius 3 is 2.61 bits per heavy atom. The van der Waals surface area contributed by atoms with Crippen LogP contribution in [-0.4, -0.2) is 23.9 Å². The van der Waals surface area contributed by atoms with Crippen molar-refractivity contribution in [3.63, 3.8) is 0 Å². The molecule has 0 aliphatic carbocycles. The number of nitro benzene ring substituents is 1. The van der Waals surface area contributed by atoms with Crippen LogP contribution in [0.2, 0.25) is 0 Å². The second-order valence-corrected chi connectivity index (χ2v) is 6.09. The predicted molar refractivity (Wildman–Crippen MR) is 104 cm³/mol. The molecule has 138 valence electrons. The number of methoxy groups -OCH3 is 1. The minimum atomic E-state index is -0.610. The summed E-state index contributed by atoms with van der Waals surface area (Å²) in [5.74, 6) is -0.270. The predicted octanol–water partition coefficient (Wildman–Crippen LogP) is 4.10. The monoisotopic (exact) mass is 374 g/mol. The molecule has 28 heavy (non-hydrogen) atoms. The number of benzene rings is 3. The number of hydrogen-bond donors (Lipinski definition) is 0. The van der Waals surface area contributed by atoms with E-state index in [9.17, 15) is 14.9 Å². The minimum absolute atomic E-state index is 0.0719. The molecule has 1 aliphatic rings. The fourth-order valence-corrected chi connectivity index (χ4v) is 2.95. The van der Waals surface area contributed by atoms with E-state index in [1.54, 1.807) is 6.07 Å². The van der Waals surface area contributed by atoms with Gasteiger partial charge in [-0.05, 0) is 40.6 Å². The Hall–Kier alpha value is -4.00. The molecule has 7 heteroatoms. The van der Waals surface area contributed by atoms with Crippen LogP contribution in [0.4, 0.5) is 5.69 Å². The Morgan fingerprint density at radius 2 is 1.86 bits per heavy atom. The van der Waals surface area contributed by atoms with Gasteiger partial charge in [-0.2, -0.15) is 0 Å². The van der Waals surface area contributed by atoms with E-state index in [2.05, 4.69) is 4.99 Å². The molecule has 1 heterocycles. The zero-order valence-corrected chi connectivity index (χ0v) is 14.8. The highest BCUT2D eigenvalue weighted by atomic mass is 16.6. The highest BCUT2D eigenvalue weighted by Crippen LogP contribution is 2.29. The molecule has 0 atom stereocenters. The van der Waals surface area contributed by atoms with E-state index >= 15 is 0 Å². The molecule has 0 amide bonds. The number of nitro groups is 1. The van der Waals surface area contributed by atoms with Gasteiger partial charge in [0.1, 0.15) is 0 Å². The van der Waals surface area contributed by atoms with Crippen LogP contribution < -0.4 is 4.74 Å². The molecule has 3 aromatic rings. The second-order valence-electron chi connectivity index (χ2n) is 6.09. The fraction of sp³-hybridized carbons (Fsp3) is 0.0476. The first-order valence-corrected chi connectivity index (χ1v) is 8.39. The summed E-state index contributed by atoms with van der Waals surface area (Å²) in [6.07, 6.45) is 1.45. The topological polar surface area (TPSA) is 91.0 Å². The summed E-state index contributed by atoms with van der Waals surface area (Å²) < 4.78 is 10.3. The minimum Gasteiger partial charge on any atom is -0.490 e. The maximum Gasteiger partial charge on any atom is 0.363 e. The van der Waals surface area contributed by atoms with Gasteiger partial charge < -0.3 is 9.47 Å². The lowest BCUT2D eigenvalue weighted by molar-refractivity contribution is -0.385. The van der Waals surface area contributed by atoms with Crippen molar-refractivity contribution >= 4 is 34.4 Å². The van der Waals surface area contributed by atoms with Gasteiger partial charge in [0.15, 0.2) is 11.4 Å². The summed E-state index contributed by atoms with van der Waals surface area (Å²) in [5, 5.41) is 13.2. The van der Waals surface area contributed by atoms with Crippen LogP contribution in [0.5, 0.6) is 5.75 Å². The van der Waals surface area contributed by atoms with Crippen molar-refractivity contribution in [2.45, 2.75) is 0 Å². The number of rotatable bonds is 4. The molecule has 0 fully saturated rings. The quantitative estimate of drug-likeness (QED) is 0.297. The molecule has 0 unspecified atom stereocenters. The van der Waals surface area contributed by atoms with Crippen LogP contribution >= 0.6 is 0 Å². The lowest BCUT2D eigenvalue weighted by Crippen LogP contribution is -2.05. The summed E-state index contributed by atoms with van der Waals surface area (Å²) in [5.41, 5.74) is 1.00. The van der Waals surface area contributed by atoms with Crippen molar-refractivity contribution in [1.29, 1.82) is 0 Å². The molecule has 7 nitrogen and oxygen atoms in total. The number of hydrogen-bond acceptors (Lipinski definition) is 6. The van der Waals surface area contributed by atoms with Gasteiger partial charge in [0, 0.05) is 11.6 Å². The Kier molecular flexibility index (Phi) is 4.33. The van der Waals surface area contributed by atoms with Crippen LogP contribution in [0.1, 0.15) is 11.1 Å². The molecule has 4 rings (SSSR count). The Labute approximate surface area is 159 Å². The third-order valence-electron chi connectivity index (χ3n) is 4.32. The van der Waals surface area contributed by atoms with Gasteiger partial charge in [0.05, 0.1) is 12.0 Å². The zero-order valence-electron chi connectivity index (χ0n) is 14.8. The summed E-state index contributed by atoms with van der Waals surface area (Å²) in [6, 6.07) is 17.9. The van der Waals surface area contributed by atoms with Crippen molar-refractivity contribution < 1.29 is 19.2 Å². The normalized spacial score (nSPS) is 14.8. The number of ether oxygens (including phenoxy) is 2. The number of esters is 1. The maximum atomic E-state index is 12.2. The first-order chi connectivity index (χ1) is 13.5. The van der Waals surface area contributed by atoms with E-state index in [0.29, 0.717) is 11.1 Å². The highest BCUT2D eigenvalue weighted by molar-refractivity contribution is 6.13. The summed E-state index contributed by atoms with van der Waals surface area (Å²) in [4.78, 5) is 27.1. The molecule has 1 aliphatic heterocycles. The summed E-state index contributed by atoms with van der Waals surface area (Å²) in [7, 11) is 1.36. The van der Waals surface area contributed by atoms with Crippen molar-refractivity contribution in [1.82, 2.24) is 0 Å². The van der Waals surface area contributed by atoms with Crippen LogP contribution in [0.3, 0.4) is 0 Å². The Morgan fingerprint density at radius 1 is 1.07 bits per heavy atom. The summed E-state index contributed by atoms with van der Waals surface area (Å²) in [6.45, 7) is 0. The lowest BCUT2D eigenvalue weighted by Gasteiger charge is -2.02. The first-order valence-electron chi connectivity index (χ1n) is 8.39. The van der Waals surface area contributed by atoms with Crippen molar-refractivity contribution in [2.75, 3.05) is 7.11 Å². The smallest absolute Gasteiger partial charge is 0.363 e. The number of carbonyl (C=O) groups excluding carboxylic acids is 1. The van der Waals surface area contributed by atoms with E-state index in [-0.39, 0.29) is 23.0 Å². The molecule has 0 aromatic heterocycles. The summed E-state index contributed by atoms with van der Waals surface area (Å²) >= 11 is 0. The maximum absolute atomic E-state index is 12.2. The third kappa shape index (κ3) is 3.21. The van der Waals surface area contributed by atoms with Gasteiger partial charge in [0.2, 0.25) is 5.90 Å². The molecule has 0 N–H and O–H groups in total. The molecule has 3 aromatic carbocycles. The van der Waals surface area contributed by atoms with Gasteiger partial charge in [-0.1, -0.05) is 36.4 Å². The van der Waals surface area contributed by atoms with E-state index in [0.717, 1.165) is 10.8 Å². The molecular formula is C21H14N2O5. The van der Waals surface area contributed by atoms with E-state index in [1.807, 2.05) is 42.5 Å². The van der Waals surface area contributed by atoms with E-state index < -0.39 is 10.9 Å². The molecule has 0 radical (unpaired) electrons. The van der Waals surface area contributed by atoms with Gasteiger partial charge in [-0.15, -0.1) is 0 Å². The standard InChI is InChI=1S/C21H14N2O5/c1-27-19-9-6-13(11-18(19)23(25)26)10-17-21(24)28-20(22-17)16-8-7-14-4-2-3-5-15(14)12-16/h2-12H,1H3. The molecular weight excluding hydrogens is 360 g/mol. The third-order valence-corrected chi connectivity index (χ3v) is 4.32. The molecule has 0 saturated carbocycles. The van der Waals surface area contributed by atoms with Crippen LogP contribution in [0.15, 0.2) is 71.4 Å². The highest BCUT2D eigenvalue weighted by Gasteiger charge is 2.25. The molecule has 0 saturated heterocycles. The van der Waals surface area contributed by atoms with Crippen LogP contribution in [-0.2, 0) is 9.53 Å². The lowest BCUT2D eigenvalue weighted by atomic mass is 10.1. The number of fused-ring (bicyclic) bond motifs is 1. The fourth-order valence-electron chi connectivity index (χ4n) is 2.95.